The molecule has 3 rings (SSSR count). The Morgan fingerprint density at radius 1 is 1.06 bits per heavy atom. The third-order valence-corrected chi connectivity index (χ3v) is 5.27. The van der Waals surface area contributed by atoms with E-state index >= 15 is 0 Å². The molecular weight excluding hydrogens is 448 g/mol. The maximum atomic E-state index is 14.1. The highest BCUT2D eigenvalue weighted by Crippen LogP contribution is 2.21. The number of nitrogen functional groups attached to an aromatic ring is 1. The number of rotatable bonds is 9. The van der Waals surface area contributed by atoms with Crippen LogP contribution >= 0.6 is 0 Å². The largest absolute Gasteiger partial charge is 0.480 e. The number of anilines is 1. The Kier molecular flexibility index (Phi) is 7.54. The number of halogens is 2. The van der Waals surface area contributed by atoms with E-state index in [0.717, 1.165) is 28.3 Å². The summed E-state index contributed by atoms with van der Waals surface area (Å²) in [6.45, 7) is 1.67. The highest BCUT2D eigenvalue weighted by molar-refractivity contribution is 6.11. The molecule has 8 nitrogen and oxygen atoms in total. The van der Waals surface area contributed by atoms with Gasteiger partial charge in [-0.1, -0.05) is 12.1 Å². The summed E-state index contributed by atoms with van der Waals surface area (Å²) in [6, 6.07) is 10.4. The van der Waals surface area contributed by atoms with Crippen molar-refractivity contribution in [2.45, 2.75) is 25.5 Å². The molecule has 0 radical (unpaired) electrons. The molecular formula is C24H23F2N3O5. The summed E-state index contributed by atoms with van der Waals surface area (Å²) in [5.41, 5.74) is 6.28. The van der Waals surface area contributed by atoms with Crippen molar-refractivity contribution < 1.29 is 28.6 Å². The van der Waals surface area contributed by atoms with E-state index in [0.29, 0.717) is 18.2 Å². The zero-order valence-corrected chi connectivity index (χ0v) is 18.2. The Balaban J connectivity index is 1.83. The summed E-state index contributed by atoms with van der Waals surface area (Å²) in [7, 11) is 0. The summed E-state index contributed by atoms with van der Waals surface area (Å²) in [4.78, 5) is 36.4. The van der Waals surface area contributed by atoms with Gasteiger partial charge in [-0.15, -0.1) is 0 Å². The molecule has 34 heavy (non-hydrogen) atoms. The van der Waals surface area contributed by atoms with Crippen molar-refractivity contribution in [3.8, 4) is 5.69 Å². The van der Waals surface area contributed by atoms with Gasteiger partial charge in [-0.2, -0.15) is 0 Å². The van der Waals surface area contributed by atoms with Crippen LogP contribution < -0.4 is 16.6 Å². The Morgan fingerprint density at radius 3 is 2.29 bits per heavy atom. The topological polar surface area (TPSA) is 135 Å². The number of carboxylic acids is 1. The number of aliphatic carboxylic acids is 1. The van der Waals surface area contributed by atoms with Gasteiger partial charge in [-0.05, 0) is 49.2 Å². The van der Waals surface area contributed by atoms with Crippen LogP contribution in [-0.2, 0) is 11.2 Å². The fraction of sp³-hybridized carbons (Fsp3) is 0.208. The predicted octanol–water partition coefficient (Wildman–Crippen LogP) is 1.89. The van der Waals surface area contributed by atoms with Crippen molar-refractivity contribution in [3.05, 3.63) is 93.3 Å². The number of carbonyl (C=O) groups excluding carboxylic acids is 1. The van der Waals surface area contributed by atoms with Gasteiger partial charge in [0.05, 0.1) is 22.9 Å². The van der Waals surface area contributed by atoms with Gasteiger partial charge >= 0.3 is 5.97 Å². The summed E-state index contributed by atoms with van der Waals surface area (Å²) < 4.78 is 28.4. The van der Waals surface area contributed by atoms with Crippen LogP contribution in [0.3, 0.4) is 0 Å². The monoisotopic (exact) mass is 471 g/mol. The van der Waals surface area contributed by atoms with Crippen molar-refractivity contribution in [2.24, 2.45) is 0 Å². The van der Waals surface area contributed by atoms with Crippen LogP contribution in [0.4, 0.5) is 14.6 Å². The van der Waals surface area contributed by atoms with E-state index in [4.69, 9.17) is 10.8 Å². The number of hydrogen-bond donors (Lipinski definition) is 4. The lowest BCUT2D eigenvalue weighted by Crippen LogP contribution is -2.45. The van der Waals surface area contributed by atoms with Crippen LogP contribution in [0.5, 0.6) is 0 Å². The quantitative estimate of drug-likeness (QED) is 0.350. The Labute approximate surface area is 193 Å². The van der Waals surface area contributed by atoms with Crippen LogP contribution in [0.1, 0.15) is 28.4 Å². The number of carbonyl (C=O) groups is 2. The van der Waals surface area contributed by atoms with Crippen molar-refractivity contribution >= 4 is 17.6 Å². The van der Waals surface area contributed by atoms with E-state index in [1.807, 2.05) is 0 Å². The predicted molar refractivity (Wildman–Crippen MR) is 121 cm³/mol. The summed E-state index contributed by atoms with van der Waals surface area (Å²) >= 11 is 0. The first-order valence-electron chi connectivity index (χ1n) is 10.3. The van der Waals surface area contributed by atoms with Crippen molar-refractivity contribution in [2.75, 3.05) is 12.3 Å². The lowest BCUT2D eigenvalue weighted by atomic mass is 10.0. The number of carboxylic acid groups (broad SMARTS) is 1. The molecule has 5 N–H and O–H groups in total. The molecule has 0 aliphatic carbocycles. The average molecular weight is 471 g/mol. The van der Waals surface area contributed by atoms with E-state index < -0.39 is 41.1 Å². The summed E-state index contributed by atoms with van der Waals surface area (Å²) in [6.07, 6.45) is -0.614. The zero-order valence-electron chi connectivity index (χ0n) is 18.2. The first-order chi connectivity index (χ1) is 16.1. The van der Waals surface area contributed by atoms with E-state index in [9.17, 15) is 28.3 Å². The van der Waals surface area contributed by atoms with Gasteiger partial charge in [-0.25, -0.2) is 8.78 Å². The summed E-state index contributed by atoms with van der Waals surface area (Å²) in [5.74, 6) is -4.02. The minimum Gasteiger partial charge on any atom is -0.480 e. The molecule has 0 aliphatic rings. The van der Waals surface area contributed by atoms with Gasteiger partial charge in [0.1, 0.15) is 23.5 Å². The number of pyridine rings is 1. The Morgan fingerprint density at radius 2 is 1.71 bits per heavy atom. The number of aromatic nitrogens is 1. The maximum absolute atomic E-state index is 14.1. The van der Waals surface area contributed by atoms with E-state index in [1.165, 1.54) is 13.0 Å². The average Bonchev–Trinajstić information content (AvgIpc) is 2.77. The SMILES string of the molecule is CC(O)[C@H](NCCc1ccc(-n2c(N)c(C(=O)c3ccc(F)cc3F)ccc2=O)cc1)C(=O)O. The molecule has 3 aromatic rings. The lowest BCUT2D eigenvalue weighted by molar-refractivity contribution is -0.142. The first kappa shape index (κ1) is 24.7. The zero-order chi connectivity index (χ0) is 25.0. The van der Waals surface area contributed by atoms with Gasteiger partial charge in [0.25, 0.3) is 5.56 Å². The lowest BCUT2D eigenvalue weighted by Gasteiger charge is -2.17. The number of benzene rings is 2. The molecule has 1 aromatic heterocycles. The molecule has 0 bridgehead atoms. The van der Waals surface area contributed by atoms with Crippen molar-refractivity contribution in [3.63, 3.8) is 0 Å². The third-order valence-electron chi connectivity index (χ3n) is 5.27. The molecule has 1 heterocycles. The second-order valence-corrected chi connectivity index (χ2v) is 7.69. The smallest absolute Gasteiger partial charge is 0.323 e. The highest BCUT2D eigenvalue weighted by atomic mass is 19.1. The fourth-order valence-corrected chi connectivity index (χ4v) is 3.48. The molecule has 178 valence electrons. The van der Waals surface area contributed by atoms with Gasteiger partial charge in [0.15, 0.2) is 5.78 Å². The number of hydrogen-bond acceptors (Lipinski definition) is 6. The third kappa shape index (κ3) is 5.36. The molecule has 10 heteroatoms. The minimum atomic E-state index is -1.16. The number of aliphatic hydroxyl groups is 1. The van der Waals surface area contributed by atoms with E-state index in [-0.39, 0.29) is 23.5 Å². The van der Waals surface area contributed by atoms with Crippen molar-refractivity contribution in [1.82, 2.24) is 9.88 Å². The van der Waals surface area contributed by atoms with Crippen LogP contribution in [-0.4, -0.2) is 45.2 Å². The van der Waals surface area contributed by atoms with Crippen LogP contribution in [0, 0.1) is 11.6 Å². The van der Waals surface area contributed by atoms with Gasteiger partial charge < -0.3 is 21.3 Å². The van der Waals surface area contributed by atoms with Crippen LogP contribution in [0.2, 0.25) is 0 Å². The molecule has 0 amide bonds. The number of nitrogens with zero attached hydrogens (tertiary/aromatic N) is 1. The van der Waals surface area contributed by atoms with E-state index in [1.54, 1.807) is 24.3 Å². The van der Waals surface area contributed by atoms with Gasteiger partial charge in [0, 0.05) is 18.7 Å². The molecule has 0 spiro atoms. The molecule has 0 aliphatic heterocycles. The summed E-state index contributed by atoms with van der Waals surface area (Å²) in [5, 5.41) is 21.4. The number of nitrogens with two attached hydrogens (primary N) is 1. The normalized spacial score (nSPS) is 12.8. The first-order valence-corrected chi connectivity index (χ1v) is 10.3. The molecule has 2 aromatic carbocycles. The van der Waals surface area contributed by atoms with E-state index in [2.05, 4.69) is 5.32 Å². The molecule has 2 atom stereocenters. The molecule has 1 unspecified atom stereocenters. The maximum Gasteiger partial charge on any atom is 0.323 e. The second-order valence-electron chi connectivity index (χ2n) is 7.69. The second kappa shape index (κ2) is 10.4. The van der Waals surface area contributed by atoms with Crippen LogP contribution in [0.15, 0.2) is 59.4 Å². The molecule has 0 saturated carbocycles. The van der Waals surface area contributed by atoms with Crippen LogP contribution in [0.25, 0.3) is 5.69 Å². The Bertz CT molecular complexity index is 1270. The van der Waals surface area contributed by atoms with Gasteiger partial charge in [-0.3, -0.25) is 19.0 Å². The molecule has 0 fully saturated rings. The minimum absolute atomic E-state index is 0.115. The number of ketones is 1. The number of aliphatic hydroxyl groups excluding tert-OH is 1. The highest BCUT2D eigenvalue weighted by Gasteiger charge is 2.22. The standard InChI is InChI=1S/C24H23F2N3O5/c1-13(30)21(24(33)34)28-11-10-14-2-5-16(6-3-14)29-20(31)9-8-18(23(29)27)22(32)17-7-4-15(25)12-19(17)26/h2-9,12-13,21,28,30H,10-11,27H2,1H3,(H,33,34)/t13?,21-/m0/s1. The molecule has 0 saturated heterocycles. The number of nitrogens with one attached hydrogen (secondary N) is 1. The fourth-order valence-electron chi connectivity index (χ4n) is 3.48. The van der Waals surface area contributed by atoms with Gasteiger partial charge in [0.2, 0.25) is 0 Å². The van der Waals surface area contributed by atoms with Crippen molar-refractivity contribution in [1.29, 1.82) is 0 Å². The Hall–Kier alpha value is -3.89.